The Balaban J connectivity index is 2.21. The Bertz CT molecular complexity index is 506. The van der Waals surface area contributed by atoms with E-state index in [2.05, 4.69) is 4.74 Å². The zero-order chi connectivity index (χ0) is 13.3. The Morgan fingerprint density at radius 1 is 1.56 bits per heavy atom. The van der Waals surface area contributed by atoms with Crippen molar-refractivity contribution in [2.24, 2.45) is 5.92 Å². The molecule has 1 fully saturated rings. The minimum atomic E-state index is -0.468. The zero-order valence-electron chi connectivity index (χ0n) is 9.65. The molecular weight excluding hydrogens is 352 g/mol. The fraction of sp³-hybridized carbons (Fsp3) is 0.333. The van der Waals surface area contributed by atoms with Gasteiger partial charge in [0.1, 0.15) is 5.82 Å². The van der Waals surface area contributed by atoms with Gasteiger partial charge in [0.15, 0.2) is 0 Å². The number of benzene rings is 1. The van der Waals surface area contributed by atoms with Crippen LogP contribution in [0.3, 0.4) is 0 Å². The summed E-state index contributed by atoms with van der Waals surface area (Å²) in [5.74, 6) is -1.44. The molecular formula is C12H11FINO3. The highest BCUT2D eigenvalue weighted by molar-refractivity contribution is 14.1. The van der Waals surface area contributed by atoms with Crippen molar-refractivity contribution in [3.8, 4) is 0 Å². The van der Waals surface area contributed by atoms with Crippen molar-refractivity contribution in [2.45, 2.75) is 6.42 Å². The van der Waals surface area contributed by atoms with E-state index in [-0.39, 0.29) is 24.7 Å². The molecule has 1 aliphatic rings. The van der Waals surface area contributed by atoms with Gasteiger partial charge in [-0.3, -0.25) is 9.59 Å². The molecule has 1 aromatic carbocycles. The lowest BCUT2D eigenvalue weighted by atomic mass is 10.1. The van der Waals surface area contributed by atoms with E-state index in [0.29, 0.717) is 9.26 Å². The summed E-state index contributed by atoms with van der Waals surface area (Å²) in [6.45, 7) is 0.242. The van der Waals surface area contributed by atoms with Crippen molar-refractivity contribution < 1.29 is 18.7 Å². The van der Waals surface area contributed by atoms with E-state index in [9.17, 15) is 14.0 Å². The first-order valence-corrected chi connectivity index (χ1v) is 6.44. The molecule has 0 spiro atoms. The third-order valence-corrected chi connectivity index (χ3v) is 3.75. The van der Waals surface area contributed by atoms with Gasteiger partial charge in [0.25, 0.3) is 0 Å². The Morgan fingerprint density at radius 2 is 2.28 bits per heavy atom. The highest BCUT2D eigenvalue weighted by Gasteiger charge is 2.35. The average molecular weight is 363 g/mol. The molecule has 0 radical (unpaired) electrons. The van der Waals surface area contributed by atoms with E-state index >= 15 is 0 Å². The first-order valence-electron chi connectivity index (χ1n) is 5.36. The smallest absolute Gasteiger partial charge is 0.311 e. The summed E-state index contributed by atoms with van der Waals surface area (Å²) in [5, 5.41) is 0. The van der Waals surface area contributed by atoms with Crippen molar-refractivity contribution in [2.75, 3.05) is 18.6 Å². The quantitative estimate of drug-likeness (QED) is 0.596. The van der Waals surface area contributed by atoms with Gasteiger partial charge in [-0.1, -0.05) is 0 Å². The van der Waals surface area contributed by atoms with Crippen LogP contribution in [0, 0.1) is 15.3 Å². The van der Waals surface area contributed by atoms with E-state index in [1.165, 1.54) is 18.1 Å². The largest absolute Gasteiger partial charge is 0.469 e. The van der Waals surface area contributed by atoms with Gasteiger partial charge in [-0.2, -0.15) is 0 Å². The second kappa shape index (κ2) is 5.21. The average Bonchev–Trinajstić information content (AvgIpc) is 2.74. The lowest BCUT2D eigenvalue weighted by Gasteiger charge is -2.16. The SMILES string of the molecule is COC(=O)C1CC(=O)N(c2ccc(I)c(F)c2)C1. The molecule has 1 saturated heterocycles. The number of carbonyl (C=O) groups excluding carboxylic acids is 2. The van der Waals surface area contributed by atoms with Crippen LogP contribution < -0.4 is 4.90 Å². The number of amides is 1. The van der Waals surface area contributed by atoms with E-state index in [0.717, 1.165) is 0 Å². The third-order valence-electron chi connectivity index (χ3n) is 2.87. The molecule has 1 aliphatic heterocycles. The van der Waals surface area contributed by atoms with Crippen molar-refractivity contribution in [3.63, 3.8) is 0 Å². The summed E-state index contributed by atoms with van der Waals surface area (Å²) in [6.07, 6.45) is 0.111. The molecule has 0 aliphatic carbocycles. The van der Waals surface area contributed by atoms with E-state index < -0.39 is 11.9 Å². The highest BCUT2D eigenvalue weighted by Crippen LogP contribution is 2.27. The molecule has 1 atom stereocenters. The number of hydrogen-bond donors (Lipinski definition) is 0. The predicted molar refractivity (Wildman–Crippen MR) is 71.6 cm³/mol. The minimum absolute atomic E-state index is 0.111. The van der Waals surface area contributed by atoms with Gasteiger partial charge in [0.05, 0.1) is 13.0 Å². The van der Waals surface area contributed by atoms with Crippen LogP contribution in [0.1, 0.15) is 6.42 Å². The van der Waals surface area contributed by atoms with Crippen LogP contribution in [0.15, 0.2) is 18.2 Å². The number of esters is 1. The highest BCUT2D eigenvalue weighted by atomic mass is 127. The molecule has 0 saturated carbocycles. The van der Waals surface area contributed by atoms with Gasteiger partial charge in [-0.25, -0.2) is 4.39 Å². The third kappa shape index (κ3) is 2.47. The van der Waals surface area contributed by atoms with Crippen molar-refractivity contribution in [1.29, 1.82) is 0 Å². The summed E-state index contributed by atoms with van der Waals surface area (Å²) in [7, 11) is 1.29. The van der Waals surface area contributed by atoms with E-state index in [1.54, 1.807) is 12.1 Å². The molecule has 4 nitrogen and oxygen atoms in total. The normalized spacial score (nSPS) is 19.2. The Morgan fingerprint density at radius 3 is 2.89 bits per heavy atom. The van der Waals surface area contributed by atoms with Crippen LogP contribution in [0.4, 0.5) is 10.1 Å². The lowest BCUT2D eigenvalue weighted by Crippen LogP contribution is -2.26. The van der Waals surface area contributed by atoms with Crippen LogP contribution in [0.5, 0.6) is 0 Å². The number of rotatable bonds is 2. The number of hydrogen-bond acceptors (Lipinski definition) is 3. The second-order valence-corrected chi connectivity index (χ2v) is 5.19. The summed E-state index contributed by atoms with van der Waals surface area (Å²) in [6, 6.07) is 4.58. The van der Waals surface area contributed by atoms with Crippen LogP contribution in [0.2, 0.25) is 0 Å². The summed E-state index contributed by atoms with van der Waals surface area (Å²) in [4.78, 5) is 24.6. The molecule has 0 aromatic heterocycles. The Labute approximate surface area is 117 Å². The maximum absolute atomic E-state index is 13.4. The second-order valence-electron chi connectivity index (χ2n) is 4.03. The molecule has 2 rings (SSSR count). The van der Waals surface area contributed by atoms with Gasteiger partial charge in [-0.15, -0.1) is 0 Å². The van der Waals surface area contributed by atoms with Crippen LogP contribution in [0.25, 0.3) is 0 Å². The fourth-order valence-corrected chi connectivity index (χ4v) is 2.27. The number of anilines is 1. The molecule has 1 amide bonds. The summed E-state index contributed by atoms with van der Waals surface area (Å²) >= 11 is 1.88. The predicted octanol–water partition coefficient (Wildman–Crippen LogP) is 1.96. The minimum Gasteiger partial charge on any atom is -0.469 e. The van der Waals surface area contributed by atoms with E-state index in [1.807, 2.05) is 22.6 Å². The number of ether oxygens (including phenoxy) is 1. The van der Waals surface area contributed by atoms with Crippen LogP contribution in [-0.2, 0) is 14.3 Å². The molecule has 0 N–H and O–H groups in total. The van der Waals surface area contributed by atoms with Crippen LogP contribution in [-0.4, -0.2) is 25.5 Å². The summed E-state index contributed by atoms with van der Waals surface area (Å²) in [5.41, 5.74) is 0.476. The lowest BCUT2D eigenvalue weighted by molar-refractivity contribution is -0.145. The number of methoxy groups -OCH3 is 1. The van der Waals surface area contributed by atoms with Gasteiger partial charge >= 0.3 is 5.97 Å². The Hall–Kier alpha value is -1.18. The van der Waals surface area contributed by atoms with E-state index in [4.69, 9.17) is 0 Å². The number of nitrogens with zero attached hydrogens (tertiary/aromatic N) is 1. The van der Waals surface area contributed by atoms with Gasteiger partial charge < -0.3 is 9.64 Å². The van der Waals surface area contributed by atoms with Crippen molar-refractivity contribution in [3.05, 3.63) is 27.6 Å². The molecule has 18 heavy (non-hydrogen) atoms. The molecule has 1 heterocycles. The molecule has 6 heteroatoms. The molecule has 96 valence electrons. The molecule has 1 aromatic rings. The topological polar surface area (TPSA) is 46.6 Å². The monoisotopic (exact) mass is 363 g/mol. The molecule has 1 unspecified atom stereocenters. The van der Waals surface area contributed by atoms with Gasteiger partial charge in [0, 0.05) is 22.2 Å². The number of carbonyl (C=O) groups is 2. The van der Waals surface area contributed by atoms with Crippen molar-refractivity contribution >= 4 is 40.2 Å². The molecule has 0 bridgehead atoms. The maximum atomic E-state index is 13.4. The Kier molecular flexibility index (Phi) is 3.84. The van der Waals surface area contributed by atoms with Gasteiger partial charge in [0.2, 0.25) is 5.91 Å². The first-order chi connectivity index (χ1) is 8.52. The fourth-order valence-electron chi connectivity index (χ4n) is 1.93. The summed E-state index contributed by atoms with van der Waals surface area (Å²) < 4.78 is 18.6. The van der Waals surface area contributed by atoms with Crippen LogP contribution >= 0.6 is 22.6 Å². The van der Waals surface area contributed by atoms with Crippen molar-refractivity contribution in [1.82, 2.24) is 0 Å². The standard InChI is InChI=1S/C12H11FINO3/c1-18-12(17)7-4-11(16)15(6-7)8-2-3-10(14)9(13)5-8/h2-3,5,7H,4,6H2,1H3. The van der Waals surface area contributed by atoms with Gasteiger partial charge in [-0.05, 0) is 40.8 Å². The zero-order valence-corrected chi connectivity index (χ0v) is 11.8. The first kappa shape index (κ1) is 13.3. The maximum Gasteiger partial charge on any atom is 0.311 e. The number of halogens is 2.